The van der Waals surface area contributed by atoms with Crippen LogP contribution in [-0.2, 0) is 12.0 Å². The summed E-state index contributed by atoms with van der Waals surface area (Å²) in [5, 5.41) is 8.63. The van der Waals surface area contributed by atoms with Crippen molar-refractivity contribution in [3.8, 4) is 0 Å². The lowest BCUT2D eigenvalue weighted by atomic mass is 9.93. The van der Waals surface area contributed by atoms with E-state index in [1.807, 2.05) is 0 Å². The van der Waals surface area contributed by atoms with Crippen LogP contribution in [0.3, 0.4) is 0 Å². The first-order valence-corrected chi connectivity index (χ1v) is 5.67. The SMILES string of the molecule is CC(C)(C)c1nnc2n1CCCC2CN. The maximum absolute atomic E-state index is 5.76. The van der Waals surface area contributed by atoms with Crippen molar-refractivity contribution in [2.24, 2.45) is 5.73 Å². The van der Waals surface area contributed by atoms with Gasteiger partial charge >= 0.3 is 0 Å². The van der Waals surface area contributed by atoms with Gasteiger partial charge in [-0.05, 0) is 12.8 Å². The van der Waals surface area contributed by atoms with Crippen LogP contribution in [0.25, 0.3) is 0 Å². The van der Waals surface area contributed by atoms with Crippen LogP contribution in [0.5, 0.6) is 0 Å². The number of hydrogen-bond acceptors (Lipinski definition) is 3. The molecule has 1 aromatic rings. The minimum Gasteiger partial charge on any atom is -0.330 e. The lowest BCUT2D eigenvalue weighted by Gasteiger charge is -2.25. The highest BCUT2D eigenvalue weighted by Gasteiger charge is 2.29. The molecule has 0 saturated carbocycles. The fourth-order valence-electron chi connectivity index (χ4n) is 2.24. The summed E-state index contributed by atoms with van der Waals surface area (Å²) >= 11 is 0. The van der Waals surface area contributed by atoms with Gasteiger partial charge in [-0.1, -0.05) is 20.8 Å². The zero-order valence-electron chi connectivity index (χ0n) is 9.82. The Balaban J connectivity index is 2.42. The Hall–Kier alpha value is -0.900. The number of rotatable bonds is 1. The topological polar surface area (TPSA) is 56.7 Å². The first kappa shape index (κ1) is 10.6. The van der Waals surface area contributed by atoms with Crippen LogP contribution < -0.4 is 5.73 Å². The van der Waals surface area contributed by atoms with Crippen LogP contribution >= 0.6 is 0 Å². The normalized spacial score (nSPS) is 21.5. The van der Waals surface area contributed by atoms with E-state index in [2.05, 4.69) is 35.5 Å². The largest absolute Gasteiger partial charge is 0.330 e. The molecule has 1 unspecified atom stereocenters. The van der Waals surface area contributed by atoms with Crippen molar-refractivity contribution in [3.05, 3.63) is 11.6 Å². The fourth-order valence-corrected chi connectivity index (χ4v) is 2.24. The maximum atomic E-state index is 5.76. The molecule has 1 aliphatic rings. The molecule has 2 rings (SSSR count). The van der Waals surface area contributed by atoms with Crippen molar-refractivity contribution in [2.75, 3.05) is 6.54 Å². The minimum absolute atomic E-state index is 0.0712. The third-order valence-electron chi connectivity index (χ3n) is 3.03. The summed E-state index contributed by atoms with van der Waals surface area (Å²) in [4.78, 5) is 0. The fraction of sp³-hybridized carbons (Fsp3) is 0.818. The molecule has 84 valence electrons. The molecule has 0 aromatic carbocycles. The Morgan fingerprint density at radius 1 is 1.40 bits per heavy atom. The summed E-state index contributed by atoms with van der Waals surface area (Å²) in [6, 6.07) is 0. The molecule has 0 bridgehead atoms. The van der Waals surface area contributed by atoms with E-state index in [4.69, 9.17) is 5.73 Å². The summed E-state index contributed by atoms with van der Waals surface area (Å²) in [6.45, 7) is 8.26. The Bertz CT molecular complexity index is 348. The van der Waals surface area contributed by atoms with E-state index >= 15 is 0 Å². The molecular formula is C11H20N4. The Kier molecular flexibility index (Phi) is 2.54. The second kappa shape index (κ2) is 3.59. The molecule has 1 atom stereocenters. The van der Waals surface area contributed by atoms with Crippen LogP contribution in [0, 0.1) is 0 Å². The molecular weight excluding hydrogens is 188 g/mol. The van der Waals surface area contributed by atoms with Gasteiger partial charge in [-0.15, -0.1) is 10.2 Å². The zero-order chi connectivity index (χ0) is 11.1. The average Bonchev–Trinajstić information content (AvgIpc) is 2.59. The molecule has 4 nitrogen and oxygen atoms in total. The molecule has 0 amide bonds. The Labute approximate surface area is 90.9 Å². The quantitative estimate of drug-likeness (QED) is 0.759. The molecule has 0 spiro atoms. The highest BCUT2D eigenvalue weighted by molar-refractivity contribution is 5.11. The van der Waals surface area contributed by atoms with Crippen molar-refractivity contribution in [1.29, 1.82) is 0 Å². The number of nitrogens with zero attached hydrogens (tertiary/aromatic N) is 3. The van der Waals surface area contributed by atoms with Crippen LogP contribution in [0.1, 0.15) is 51.2 Å². The van der Waals surface area contributed by atoms with Gasteiger partial charge in [0, 0.05) is 24.4 Å². The van der Waals surface area contributed by atoms with Gasteiger partial charge in [0.2, 0.25) is 0 Å². The molecule has 2 heterocycles. The van der Waals surface area contributed by atoms with Gasteiger partial charge in [0.15, 0.2) is 0 Å². The van der Waals surface area contributed by atoms with E-state index in [0.29, 0.717) is 12.5 Å². The predicted octanol–water partition coefficient (Wildman–Crippen LogP) is 1.41. The van der Waals surface area contributed by atoms with Crippen LogP contribution in [0.4, 0.5) is 0 Å². The Morgan fingerprint density at radius 2 is 2.13 bits per heavy atom. The average molecular weight is 208 g/mol. The highest BCUT2D eigenvalue weighted by atomic mass is 15.3. The van der Waals surface area contributed by atoms with Gasteiger partial charge in [0.25, 0.3) is 0 Å². The first-order valence-electron chi connectivity index (χ1n) is 5.67. The molecule has 15 heavy (non-hydrogen) atoms. The monoisotopic (exact) mass is 208 g/mol. The van der Waals surface area contributed by atoms with E-state index < -0.39 is 0 Å². The highest BCUT2D eigenvalue weighted by Crippen LogP contribution is 2.29. The van der Waals surface area contributed by atoms with Crippen molar-refractivity contribution in [2.45, 2.75) is 51.5 Å². The molecule has 1 aromatic heterocycles. The summed E-state index contributed by atoms with van der Waals surface area (Å²) < 4.78 is 2.26. The van der Waals surface area contributed by atoms with E-state index in [1.165, 1.54) is 6.42 Å². The maximum Gasteiger partial charge on any atom is 0.138 e. The van der Waals surface area contributed by atoms with Crippen molar-refractivity contribution in [3.63, 3.8) is 0 Å². The van der Waals surface area contributed by atoms with Crippen molar-refractivity contribution >= 4 is 0 Å². The number of fused-ring (bicyclic) bond motifs is 1. The smallest absolute Gasteiger partial charge is 0.138 e. The predicted molar refractivity (Wildman–Crippen MR) is 59.8 cm³/mol. The van der Waals surface area contributed by atoms with Crippen LogP contribution in [0.15, 0.2) is 0 Å². The van der Waals surface area contributed by atoms with E-state index in [-0.39, 0.29) is 5.41 Å². The number of nitrogens with two attached hydrogens (primary N) is 1. The van der Waals surface area contributed by atoms with Gasteiger partial charge in [-0.3, -0.25) is 0 Å². The molecule has 0 saturated heterocycles. The summed E-state index contributed by atoms with van der Waals surface area (Å²) in [6.07, 6.45) is 2.34. The third kappa shape index (κ3) is 1.78. The van der Waals surface area contributed by atoms with E-state index in [9.17, 15) is 0 Å². The molecule has 2 N–H and O–H groups in total. The second-order valence-corrected chi connectivity index (χ2v) is 5.36. The van der Waals surface area contributed by atoms with Crippen molar-refractivity contribution < 1.29 is 0 Å². The summed E-state index contributed by atoms with van der Waals surface area (Å²) in [7, 11) is 0. The van der Waals surface area contributed by atoms with Crippen LogP contribution in [0.2, 0.25) is 0 Å². The van der Waals surface area contributed by atoms with Gasteiger partial charge in [-0.25, -0.2) is 0 Å². The molecule has 1 aliphatic heterocycles. The standard InChI is InChI=1S/C11H20N4/c1-11(2,3)10-14-13-9-8(7-12)5-4-6-15(9)10/h8H,4-7,12H2,1-3H3. The van der Waals surface area contributed by atoms with Crippen LogP contribution in [-0.4, -0.2) is 21.3 Å². The minimum atomic E-state index is 0.0712. The molecule has 4 heteroatoms. The number of aromatic nitrogens is 3. The third-order valence-corrected chi connectivity index (χ3v) is 3.03. The molecule has 0 radical (unpaired) electrons. The first-order chi connectivity index (χ1) is 7.04. The summed E-state index contributed by atoms with van der Waals surface area (Å²) in [5.74, 6) is 2.59. The lowest BCUT2D eigenvalue weighted by Crippen LogP contribution is -2.26. The Morgan fingerprint density at radius 3 is 2.73 bits per heavy atom. The zero-order valence-corrected chi connectivity index (χ0v) is 9.82. The molecule has 0 aliphatic carbocycles. The van der Waals surface area contributed by atoms with Crippen molar-refractivity contribution in [1.82, 2.24) is 14.8 Å². The van der Waals surface area contributed by atoms with Gasteiger partial charge in [-0.2, -0.15) is 0 Å². The summed E-state index contributed by atoms with van der Waals surface area (Å²) in [5.41, 5.74) is 5.83. The lowest BCUT2D eigenvalue weighted by molar-refractivity contribution is 0.413. The van der Waals surface area contributed by atoms with E-state index in [1.54, 1.807) is 0 Å². The van der Waals surface area contributed by atoms with Gasteiger partial charge in [0.05, 0.1) is 0 Å². The van der Waals surface area contributed by atoms with E-state index in [0.717, 1.165) is 24.6 Å². The second-order valence-electron chi connectivity index (χ2n) is 5.36. The number of hydrogen-bond donors (Lipinski definition) is 1. The van der Waals surface area contributed by atoms with Gasteiger partial charge < -0.3 is 10.3 Å². The molecule has 0 fully saturated rings. The van der Waals surface area contributed by atoms with Gasteiger partial charge in [0.1, 0.15) is 11.6 Å².